The molecular formula is C7H13N3O2. The summed E-state index contributed by atoms with van der Waals surface area (Å²) in [5.41, 5.74) is 5.21. The highest BCUT2D eigenvalue weighted by molar-refractivity contribution is 4.89. The normalized spacial score (nSPS) is 13.2. The number of nitrogens with zero attached hydrogens (tertiary/aromatic N) is 2. The zero-order chi connectivity index (χ0) is 8.97. The largest absolute Gasteiger partial charge is 0.382 e. The molecule has 0 amide bonds. The standard InChI is InChI=1S/C7H13N3O2/c1-2-3-6-9-7(12-10-6)5(11)4-8/h5,11H,2-4,8H2,1H3. The highest BCUT2D eigenvalue weighted by Crippen LogP contribution is 2.08. The lowest BCUT2D eigenvalue weighted by Crippen LogP contribution is -2.11. The molecule has 0 aliphatic rings. The molecule has 1 aromatic heterocycles. The van der Waals surface area contributed by atoms with E-state index < -0.39 is 6.10 Å². The van der Waals surface area contributed by atoms with Crippen molar-refractivity contribution in [2.45, 2.75) is 25.9 Å². The molecule has 68 valence electrons. The van der Waals surface area contributed by atoms with E-state index in [4.69, 9.17) is 10.3 Å². The van der Waals surface area contributed by atoms with Gasteiger partial charge in [-0.25, -0.2) is 0 Å². The first-order valence-electron chi connectivity index (χ1n) is 3.98. The molecule has 1 atom stereocenters. The summed E-state index contributed by atoms with van der Waals surface area (Å²) in [6.07, 6.45) is 0.890. The summed E-state index contributed by atoms with van der Waals surface area (Å²) in [5, 5.41) is 12.9. The van der Waals surface area contributed by atoms with Crippen LogP contribution in [0.1, 0.15) is 31.2 Å². The molecule has 5 nitrogen and oxygen atoms in total. The van der Waals surface area contributed by atoms with Crippen LogP contribution in [0.5, 0.6) is 0 Å². The lowest BCUT2D eigenvalue weighted by Gasteiger charge is -1.97. The van der Waals surface area contributed by atoms with Gasteiger partial charge in [0.15, 0.2) is 5.82 Å². The molecule has 0 fully saturated rings. The summed E-state index contributed by atoms with van der Waals surface area (Å²) >= 11 is 0. The predicted octanol–water partition coefficient (Wildman–Crippen LogP) is 0.0142. The lowest BCUT2D eigenvalue weighted by atomic mass is 10.3. The summed E-state index contributed by atoms with van der Waals surface area (Å²) in [5.74, 6) is 0.834. The topological polar surface area (TPSA) is 85.2 Å². The Morgan fingerprint density at radius 3 is 3.00 bits per heavy atom. The SMILES string of the molecule is CCCc1noc(C(O)CN)n1. The number of aliphatic hydroxyl groups excluding tert-OH is 1. The molecule has 0 aliphatic carbocycles. The Hall–Kier alpha value is -0.940. The minimum Gasteiger partial charge on any atom is -0.382 e. The number of aryl methyl sites for hydroxylation is 1. The number of aliphatic hydroxyl groups is 1. The highest BCUT2D eigenvalue weighted by Gasteiger charge is 2.13. The van der Waals surface area contributed by atoms with Gasteiger partial charge in [-0.2, -0.15) is 4.98 Å². The molecule has 0 aliphatic heterocycles. The average Bonchev–Trinajstić information content (AvgIpc) is 2.52. The number of rotatable bonds is 4. The molecule has 1 aromatic rings. The molecular weight excluding hydrogens is 158 g/mol. The third-order valence-electron chi connectivity index (χ3n) is 1.47. The summed E-state index contributed by atoms with van der Waals surface area (Å²) in [4.78, 5) is 3.96. The first-order valence-corrected chi connectivity index (χ1v) is 3.98. The van der Waals surface area contributed by atoms with E-state index in [0.29, 0.717) is 5.82 Å². The van der Waals surface area contributed by atoms with E-state index in [0.717, 1.165) is 12.8 Å². The van der Waals surface area contributed by atoms with Crippen molar-refractivity contribution in [1.29, 1.82) is 0 Å². The summed E-state index contributed by atoms with van der Waals surface area (Å²) in [6.45, 7) is 2.13. The van der Waals surface area contributed by atoms with Crippen molar-refractivity contribution in [2.75, 3.05) is 6.54 Å². The van der Waals surface area contributed by atoms with Gasteiger partial charge in [-0.05, 0) is 6.42 Å². The number of hydrogen-bond donors (Lipinski definition) is 2. The summed E-state index contributed by atoms with van der Waals surface area (Å²) in [6, 6.07) is 0. The van der Waals surface area contributed by atoms with E-state index >= 15 is 0 Å². The van der Waals surface area contributed by atoms with Gasteiger partial charge in [-0.15, -0.1) is 0 Å². The Bertz CT molecular complexity index is 236. The lowest BCUT2D eigenvalue weighted by molar-refractivity contribution is 0.141. The van der Waals surface area contributed by atoms with Crippen LogP contribution in [-0.4, -0.2) is 21.8 Å². The van der Waals surface area contributed by atoms with Gasteiger partial charge >= 0.3 is 0 Å². The van der Waals surface area contributed by atoms with Crippen LogP contribution in [0.3, 0.4) is 0 Å². The highest BCUT2D eigenvalue weighted by atomic mass is 16.5. The molecule has 1 rings (SSSR count). The molecule has 0 saturated heterocycles. The molecule has 0 radical (unpaired) electrons. The van der Waals surface area contributed by atoms with Gasteiger partial charge in [-0.3, -0.25) is 0 Å². The third-order valence-corrected chi connectivity index (χ3v) is 1.47. The fourth-order valence-electron chi connectivity index (χ4n) is 0.829. The van der Waals surface area contributed by atoms with Crippen molar-refractivity contribution < 1.29 is 9.63 Å². The van der Waals surface area contributed by atoms with Crippen LogP contribution in [0.4, 0.5) is 0 Å². The molecule has 1 unspecified atom stereocenters. The van der Waals surface area contributed by atoms with E-state index in [2.05, 4.69) is 10.1 Å². The maximum Gasteiger partial charge on any atom is 0.256 e. The minimum atomic E-state index is -0.830. The van der Waals surface area contributed by atoms with E-state index in [1.54, 1.807) is 0 Å². The van der Waals surface area contributed by atoms with Crippen LogP contribution in [0.25, 0.3) is 0 Å². The molecule has 1 heterocycles. The molecule has 0 aromatic carbocycles. The molecule has 5 heteroatoms. The van der Waals surface area contributed by atoms with Crippen LogP contribution >= 0.6 is 0 Å². The molecule has 0 spiro atoms. The van der Waals surface area contributed by atoms with E-state index in [1.807, 2.05) is 6.92 Å². The van der Waals surface area contributed by atoms with Gasteiger partial charge in [-0.1, -0.05) is 12.1 Å². The fourth-order valence-corrected chi connectivity index (χ4v) is 0.829. The van der Waals surface area contributed by atoms with Crippen LogP contribution in [0, 0.1) is 0 Å². The fraction of sp³-hybridized carbons (Fsp3) is 0.714. The Labute approximate surface area is 70.6 Å². The minimum absolute atomic E-state index is 0.105. The maximum atomic E-state index is 9.19. The van der Waals surface area contributed by atoms with E-state index in [1.165, 1.54) is 0 Å². The number of hydrogen-bond acceptors (Lipinski definition) is 5. The molecule has 3 N–H and O–H groups in total. The molecule has 0 saturated carbocycles. The summed E-state index contributed by atoms with van der Waals surface area (Å²) < 4.78 is 4.78. The van der Waals surface area contributed by atoms with Gasteiger partial charge in [0.25, 0.3) is 5.89 Å². The van der Waals surface area contributed by atoms with E-state index in [9.17, 15) is 5.11 Å². The van der Waals surface area contributed by atoms with Gasteiger partial charge < -0.3 is 15.4 Å². The zero-order valence-corrected chi connectivity index (χ0v) is 7.03. The van der Waals surface area contributed by atoms with Crippen molar-refractivity contribution in [3.8, 4) is 0 Å². The second kappa shape index (κ2) is 4.18. The molecule has 0 bridgehead atoms. The first-order chi connectivity index (χ1) is 5.77. The van der Waals surface area contributed by atoms with Crippen molar-refractivity contribution in [3.05, 3.63) is 11.7 Å². The van der Waals surface area contributed by atoms with Crippen molar-refractivity contribution in [2.24, 2.45) is 5.73 Å². The Morgan fingerprint density at radius 2 is 2.42 bits per heavy atom. The third kappa shape index (κ3) is 2.02. The average molecular weight is 171 g/mol. The number of nitrogens with two attached hydrogens (primary N) is 1. The predicted molar refractivity (Wildman–Crippen MR) is 42.3 cm³/mol. The smallest absolute Gasteiger partial charge is 0.256 e. The maximum absolute atomic E-state index is 9.19. The van der Waals surface area contributed by atoms with Crippen LogP contribution in [0.15, 0.2) is 4.52 Å². The van der Waals surface area contributed by atoms with Crippen molar-refractivity contribution in [1.82, 2.24) is 10.1 Å². The Balaban J connectivity index is 2.63. The van der Waals surface area contributed by atoms with Crippen molar-refractivity contribution >= 4 is 0 Å². The zero-order valence-electron chi connectivity index (χ0n) is 7.03. The van der Waals surface area contributed by atoms with Crippen molar-refractivity contribution in [3.63, 3.8) is 0 Å². The molecule has 12 heavy (non-hydrogen) atoms. The Morgan fingerprint density at radius 1 is 1.67 bits per heavy atom. The monoisotopic (exact) mass is 171 g/mol. The van der Waals surface area contributed by atoms with E-state index in [-0.39, 0.29) is 12.4 Å². The van der Waals surface area contributed by atoms with Crippen LogP contribution < -0.4 is 5.73 Å². The first kappa shape index (κ1) is 9.15. The van der Waals surface area contributed by atoms with Crippen LogP contribution in [0.2, 0.25) is 0 Å². The van der Waals surface area contributed by atoms with Gasteiger partial charge in [0, 0.05) is 13.0 Å². The van der Waals surface area contributed by atoms with Gasteiger partial charge in [0.05, 0.1) is 0 Å². The number of aromatic nitrogens is 2. The second-order valence-electron chi connectivity index (χ2n) is 2.55. The van der Waals surface area contributed by atoms with Gasteiger partial charge in [0.2, 0.25) is 0 Å². The quantitative estimate of drug-likeness (QED) is 0.666. The van der Waals surface area contributed by atoms with Crippen LogP contribution in [-0.2, 0) is 6.42 Å². The summed E-state index contributed by atoms with van der Waals surface area (Å²) in [7, 11) is 0. The second-order valence-corrected chi connectivity index (χ2v) is 2.55. The van der Waals surface area contributed by atoms with Gasteiger partial charge in [0.1, 0.15) is 6.10 Å². The Kier molecular flexibility index (Phi) is 3.19.